The molecule has 0 aliphatic carbocycles. The molecule has 35 heavy (non-hydrogen) atoms. The number of hydrogen-bond acceptors (Lipinski definition) is 7. The van der Waals surface area contributed by atoms with E-state index in [4.69, 9.17) is 14.2 Å². The van der Waals surface area contributed by atoms with Crippen molar-refractivity contribution in [2.75, 3.05) is 37.0 Å². The van der Waals surface area contributed by atoms with Gasteiger partial charge >= 0.3 is 5.97 Å². The molecule has 3 rings (SSSR count). The number of anilines is 2. The number of ether oxygens (including phenoxy) is 3. The molecule has 0 bridgehead atoms. The number of esters is 1. The highest BCUT2D eigenvalue weighted by atomic mass is 32.2. The Morgan fingerprint density at radius 3 is 2.09 bits per heavy atom. The van der Waals surface area contributed by atoms with E-state index in [0.717, 1.165) is 16.4 Å². The largest absolute Gasteiger partial charge is 0.497 e. The summed E-state index contributed by atoms with van der Waals surface area (Å²) < 4.78 is 54.8. The highest BCUT2D eigenvalue weighted by molar-refractivity contribution is 7.92. The van der Waals surface area contributed by atoms with Crippen LogP contribution in [0.2, 0.25) is 0 Å². The standard InChI is InChI=1S/C24H23FN2O7S/c1-27(35(30,31)22-13-3-17(25)4-14-22)19-7-11-21(12-8-19)33-16-24(29)34-15-23(28)26-18-5-9-20(32-2)10-6-18/h3-14H,15-16H2,1-2H3,(H,26,28). The van der Waals surface area contributed by atoms with Gasteiger partial charge in [0.15, 0.2) is 13.2 Å². The van der Waals surface area contributed by atoms with Crippen molar-refractivity contribution < 1.29 is 36.6 Å². The minimum absolute atomic E-state index is 0.0551. The molecule has 0 aromatic heterocycles. The molecule has 9 nitrogen and oxygen atoms in total. The summed E-state index contributed by atoms with van der Waals surface area (Å²) >= 11 is 0. The lowest BCUT2D eigenvalue weighted by molar-refractivity contribution is -0.149. The van der Waals surface area contributed by atoms with E-state index in [-0.39, 0.29) is 4.90 Å². The van der Waals surface area contributed by atoms with Gasteiger partial charge in [-0.05, 0) is 72.8 Å². The van der Waals surface area contributed by atoms with Crippen LogP contribution in [0.4, 0.5) is 15.8 Å². The van der Waals surface area contributed by atoms with Gasteiger partial charge in [-0.25, -0.2) is 17.6 Å². The highest BCUT2D eigenvalue weighted by Gasteiger charge is 2.21. The van der Waals surface area contributed by atoms with E-state index in [9.17, 15) is 22.4 Å². The number of carbonyl (C=O) groups excluding carboxylic acids is 2. The number of hydrogen-bond donors (Lipinski definition) is 1. The molecular weight excluding hydrogens is 479 g/mol. The van der Waals surface area contributed by atoms with Crippen LogP contribution in [-0.4, -0.2) is 47.7 Å². The lowest BCUT2D eigenvalue weighted by Crippen LogP contribution is -2.26. The van der Waals surface area contributed by atoms with Crippen LogP contribution >= 0.6 is 0 Å². The van der Waals surface area contributed by atoms with Crippen molar-refractivity contribution in [3.8, 4) is 11.5 Å². The van der Waals surface area contributed by atoms with Gasteiger partial charge in [0.05, 0.1) is 17.7 Å². The van der Waals surface area contributed by atoms with Crippen molar-refractivity contribution in [2.24, 2.45) is 0 Å². The van der Waals surface area contributed by atoms with Crippen molar-refractivity contribution in [3.63, 3.8) is 0 Å². The summed E-state index contributed by atoms with van der Waals surface area (Å²) in [6, 6.07) is 17.1. The second-order valence-electron chi connectivity index (χ2n) is 7.15. The Kier molecular flexibility index (Phi) is 8.26. The molecule has 3 aromatic carbocycles. The lowest BCUT2D eigenvalue weighted by atomic mass is 10.3. The van der Waals surface area contributed by atoms with Gasteiger partial charge in [-0.15, -0.1) is 0 Å². The average molecular weight is 503 g/mol. The van der Waals surface area contributed by atoms with Crippen LogP contribution < -0.4 is 19.1 Å². The van der Waals surface area contributed by atoms with Crippen molar-refractivity contribution in [2.45, 2.75) is 4.90 Å². The predicted molar refractivity (Wildman–Crippen MR) is 127 cm³/mol. The minimum Gasteiger partial charge on any atom is -0.497 e. The third-order valence-electron chi connectivity index (χ3n) is 4.77. The van der Waals surface area contributed by atoms with Gasteiger partial charge in [-0.2, -0.15) is 0 Å². The van der Waals surface area contributed by atoms with Gasteiger partial charge in [0.25, 0.3) is 15.9 Å². The van der Waals surface area contributed by atoms with E-state index >= 15 is 0 Å². The Balaban J connectivity index is 1.47. The number of sulfonamides is 1. The van der Waals surface area contributed by atoms with Crippen LogP contribution in [0.1, 0.15) is 0 Å². The fourth-order valence-corrected chi connectivity index (χ4v) is 4.05. The maximum Gasteiger partial charge on any atom is 0.344 e. The van der Waals surface area contributed by atoms with Gasteiger partial charge < -0.3 is 19.5 Å². The van der Waals surface area contributed by atoms with E-state index in [0.29, 0.717) is 22.9 Å². The Bertz CT molecular complexity index is 1260. The molecule has 11 heteroatoms. The molecule has 3 aromatic rings. The van der Waals surface area contributed by atoms with E-state index in [2.05, 4.69) is 5.32 Å². The van der Waals surface area contributed by atoms with E-state index in [1.807, 2.05) is 0 Å². The fraction of sp³-hybridized carbons (Fsp3) is 0.167. The number of benzene rings is 3. The Morgan fingerprint density at radius 2 is 1.49 bits per heavy atom. The monoisotopic (exact) mass is 502 g/mol. The fourth-order valence-electron chi connectivity index (χ4n) is 2.86. The van der Waals surface area contributed by atoms with Crippen LogP contribution in [0.15, 0.2) is 77.7 Å². The van der Waals surface area contributed by atoms with Crippen LogP contribution in [0, 0.1) is 5.82 Å². The zero-order chi connectivity index (χ0) is 25.4. The second-order valence-corrected chi connectivity index (χ2v) is 9.12. The Morgan fingerprint density at radius 1 is 0.886 bits per heavy atom. The molecule has 0 fully saturated rings. The summed E-state index contributed by atoms with van der Waals surface area (Å²) in [6.07, 6.45) is 0. The Labute approximate surface area is 202 Å². The number of carbonyl (C=O) groups is 2. The number of amides is 1. The summed E-state index contributed by atoms with van der Waals surface area (Å²) in [5.74, 6) is -0.876. The van der Waals surface area contributed by atoms with Crippen LogP contribution in [0.5, 0.6) is 11.5 Å². The molecule has 184 valence electrons. The first kappa shape index (κ1) is 25.5. The molecule has 0 aliphatic heterocycles. The maximum atomic E-state index is 13.1. The predicted octanol–water partition coefficient (Wildman–Crippen LogP) is 3.22. The number of rotatable bonds is 10. The number of methoxy groups -OCH3 is 1. The second kappa shape index (κ2) is 11.3. The normalized spacial score (nSPS) is 10.8. The molecule has 1 amide bonds. The topological polar surface area (TPSA) is 111 Å². The quantitative estimate of drug-likeness (QED) is 0.424. The van der Waals surface area contributed by atoms with Gasteiger partial charge in [-0.3, -0.25) is 9.10 Å². The summed E-state index contributed by atoms with van der Waals surface area (Å²) in [4.78, 5) is 23.7. The summed E-state index contributed by atoms with van der Waals surface area (Å²) in [7, 11) is -0.987. The van der Waals surface area contributed by atoms with Crippen molar-refractivity contribution in [1.29, 1.82) is 0 Å². The third-order valence-corrected chi connectivity index (χ3v) is 6.57. The first-order valence-electron chi connectivity index (χ1n) is 10.3. The molecule has 0 unspecified atom stereocenters. The zero-order valence-corrected chi connectivity index (χ0v) is 19.8. The van der Waals surface area contributed by atoms with Crippen LogP contribution in [-0.2, 0) is 24.3 Å². The first-order chi connectivity index (χ1) is 16.7. The first-order valence-corrected chi connectivity index (χ1v) is 11.7. The molecule has 0 spiro atoms. The number of halogens is 1. The summed E-state index contributed by atoms with van der Waals surface area (Å²) in [6.45, 7) is -0.932. The molecule has 0 saturated heterocycles. The van der Waals surface area contributed by atoms with Crippen molar-refractivity contribution in [3.05, 3.63) is 78.6 Å². The molecule has 0 aliphatic rings. The molecule has 0 heterocycles. The molecule has 0 atom stereocenters. The maximum absolute atomic E-state index is 13.1. The van der Waals surface area contributed by atoms with Gasteiger partial charge in [0.1, 0.15) is 17.3 Å². The van der Waals surface area contributed by atoms with Crippen LogP contribution in [0.25, 0.3) is 0 Å². The molecule has 0 saturated carbocycles. The SMILES string of the molecule is COc1ccc(NC(=O)COC(=O)COc2ccc(N(C)S(=O)(=O)c3ccc(F)cc3)cc2)cc1. The van der Waals surface area contributed by atoms with Gasteiger partial charge in [0.2, 0.25) is 0 Å². The van der Waals surface area contributed by atoms with Gasteiger partial charge in [0, 0.05) is 12.7 Å². The number of nitrogens with zero attached hydrogens (tertiary/aromatic N) is 1. The van der Waals surface area contributed by atoms with Crippen LogP contribution in [0.3, 0.4) is 0 Å². The Hall–Kier alpha value is -4.12. The van der Waals surface area contributed by atoms with E-state index < -0.39 is 40.9 Å². The average Bonchev–Trinajstić information content (AvgIpc) is 2.87. The highest BCUT2D eigenvalue weighted by Crippen LogP contribution is 2.24. The third kappa shape index (κ3) is 6.93. The summed E-state index contributed by atoms with van der Waals surface area (Å²) in [5, 5.41) is 2.58. The lowest BCUT2D eigenvalue weighted by Gasteiger charge is -2.19. The van der Waals surface area contributed by atoms with Gasteiger partial charge in [-0.1, -0.05) is 0 Å². The van der Waals surface area contributed by atoms with Crippen molar-refractivity contribution >= 4 is 33.3 Å². The van der Waals surface area contributed by atoms with E-state index in [1.54, 1.807) is 24.3 Å². The zero-order valence-electron chi connectivity index (χ0n) is 18.9. The summed E-state index contributed by atoms with van der Waals surface area (Å²) in [5.41, 5.74) is 0.856. The van der Waals surface area contributed by atoms with E-state index in [1.165, 1.54) is 50.6 Å². The smallest absolute Gasteiger partial charge is 0.344 e. The van der Waals surface area contributed by atoms with Crippen molar-refractivity contribution in [1.82, 2.24) is 0 Å². The number of nitrogens with one attached hydrogen (secondary N) is 1. The molecule has 1 N–H and O–H groups in total. The molecular formula is C24H23FN2O7S. The molecule has 0 radical (unpaired) electrons. The minimum atomic E-state index is -3.88.